The maximum absolute atomic E-state index is 13.0. The van der Waals surface area contributed by atoms with Crippen LogP contribution >= 0.6 is 0 Å². The van der Waals surface area contributed by atoms with E-state index in [0.29, 0.717) is 28.2 Å². The summed E-state index contributed by atoms with van der Waals surface area (Å²) in [5, 5.41) is 1.69. The number of aromatic amines is 1. The van der Waals surface area contributed by atoms with Crippen molar-refractivity contribution in [1.82, 2.24) is 9.97 Å². The second kappa shape index (κ2) is 9.13. The molecule has 2 aromatic carbocycles. The van der Waals surface area contributed by atoms with Crippen molar-refractivity contribution in [1.29, 1.82) is 0 Å². The number of pyridine rings is 1. The number of anilines is 1. The third kappa shape index (κ3) is 4.63. The molecule has 9 heteroatoms. The molecular weight excluding hydrogens is 478 g/mol. The van der Waals surface area contributed by atoms with Gasteiger partial charge in [0.15, 0.2) is 15.6 Å². The van der Waals surface area contributed by atoms with E-state index >= 15 is 0 Å². The quantitative estimate of drug-likeness (QED) is 0.361. The lowest BCUT2D eigenvalue weighted by Gasteiger charge is -2.26. The van der Waals surface area contributed by atoms with Crippen LogP contribution < -0.4 is 9.64 Å². The fourth-order valence-corrected chi connectivity index (χ4v) is 5.09. The zero-order valence-electron chi connectivity index (χ0n) is 21.6. The molecule has 0 aliphatic heterocycles. The number of ether oxygens (including phenoxy) is 2. The van der Waals surface area contributed by atoms with Crippen LogP contribution in [0.3, 0.4) is 0 Å². The lowest BCUT2D eigenvalue weighted by atomic mass is 9.97. The zero-order chi connectivity index (χ0) is 26.4. The maximum atomic E-state index is 13.0. The Kier molecular flexibility index (Phi) is 6.47. The highest BCUT2D eigenvalue weighted by atomic mass is 32.2. The molecule has 0 saturated carbocycles. The van der Waals surface area contributed by atoms with Gasteiger partial charge in [-0.2, -0.15) is 0 Å². The number of hydrogen-bond acceptors (Lipinski definition) is 6. The molecule has 0 bridgehead atoms. The fraction of sp³-hybridized carbons (Fsp3) is 0.333. The van der Waals surface area contributed by atoms with Gasteiger partial charge in [0.1, 0.15) is 11.2 Å². The van der Waals surface area contributed by atoms with Crippen molar-refractivity contribution < 1.29 is 22.7 Å². The van der Waals surface area contributed by atoms with Crippen LogP contribution in [0.5, 0.6) is 5.75 Å². The molecule has 36 heavy (non-hydrogen) atoms. The van der Waals surface area contributed by atoms with Crippen LogP contribution in [0, 0.1) is 6.92 Å². The van der Waals surface area contributed by atoms with Gasteiger partial charge in [-0.15, -0.1) is 0 Å². The third-order valence-corrected chi connectivity index (χ3v) is 7.65. The molecule has 4 rings (SSSR count). The summed E-state index contributed by atoms with van der Waals surface area (Å²) in [5.74, 6) is 0.451. The lowest BCUT2D eigenvalue weighted by molar-refractivity contribution is 0.0588. The Morgan fingerprint density at radius 3 is 2.53 bits per heavy atom. The predicted molar refractivity (Wildman–Crippen MR) is 143 cm³/mol. The molecule has 2 aromatic heterocycles. The van der Waals surface area contributed by atoms with Crippen molar-refractivity contribution in [2.75, 3.05) is 24.8 Å². The van der Waals surface area contributed by atoms with E-state index < -0.39 is 21.5 Å². The van der Waals surface area contributed by atoms with Crippen LogP contribution in [0.15, 0.2) is 47.5 Å². The average Bonchev–Trinajstić information content (AvgIpc) is 3.20. The van der Waals surface area contributed by atoms with E-state index in [1.807, 2.05) is 25.1 Å². The summed E-state index contributed by atoms with van der Waals surface area (Å²) in [5.41, 5.74) is 3.51. The summed E-state index contributed by atoms with van der Waals surface area (Å²) in [7, 11) is -0.263. The monoisotopic (exact) mass is 509 g/mol. The molecule has 0 spiro atoms. The number of carbonyl (C=O) groups is 1. The van der Waals surface area contributed by atoms with Gasteiger partial charge in [0, 0.05) is 24.0 Å². The molecule has 0 atom stereocenters. The van der Waals surface area contributed by atoms with Crippen LogP contribution in [0.25, 0.3) is 33.1 Å². The van der Waals surface area contributed by atoms with Gasteiger partial charge in [-0.1, -0.05) is 19.1 Å². The van der Waals surface area contributed by atoms with Gasteiger partial charge >= 0.3 is 6.09 Å². The van der Waals surface area contributed by atoms with E-state index in [1.54, 1.807) is 66.2 Å². The van der Waals surface area contributed by atoms with Gasteiger partial charge in [-0.3, -0.25) is 4.90 Å². The minimum absolute atomic E-state index is 0.00267. The van der Waals surface area contributed by atoms with E-state index in [4.69, 9.17) is 9.47 Å². The first-order valence-corrected chi connectivity index (χ1v) is 13.3. The van der Waals surface area contributed by atoms with Gasteiger partial charge in [0.25, 0.3) is 0 Å². The van der Waals surface area contributed by atoms with Crippen molar-refractivity contribution >= 4 is 43.6 Å². The smallest absolute Gasteiger partial charge is 0.414 e. The summed E-state index contributed by atoms with van der Waals surface area (Å²) in [4.78, 5) is 22.5. The normalized spacial score (nSPS) is 12.2. The lowest BCUT2D eigenvalue weighted by Crippen LogP contribution is -2.34. The van der Waals surface area contributed by atoms with Gasteiger partial charge in [0.05, 0.1) is 29.0 Å². The summed E-state index contributed by atoms with van der Waals surface area (Å²) >= 11 is 0. The largest absolute Gasteiger partial charge is 0.492 e. The van der Waals surface area contributed by atoms with Crippen LogP contribution in [-0.4, -0.2) is 50.0 Å². The number of rotatable bonds is 5. The molecule has 0 aliphatic rings. The van der Waals surface area contributed by atoms with E-state index in [9.17, 15) is 13.2 Å². The molecular formula is C27H31N3O5S. The van der Waals surface area contributed by atoms with Crippen molar-refractivity contribution in [3.05, 3.63) is 48.2 Å². The fourth-order valence-electron chi connectivity index (χ4n) is 4.16. The molecule has 190 valence electrons. The number of nitrogens with one attached hydrogen (secondary N) is 1. The van der Waals surface area contributed by atoms with Gasteiger partial charge < -0.3 is 14.5 Å². The maximum Gasteiger partial charge on any atom is 0.414 e. The number of carbonyl (C=O) groups excluding carboxylic acids is 1. The van der Waals surface area contributed by atoms with Crippen LogP contribution in [0.2, 0.25) is 0 Å². The van der Waals surface area contributed by atoms with Crippen LogP contribution in [0.1, 0.15) is 33.3 Å². The number of H-pyrrole nitrogens is 1. The molecule has 2 heterocycles. The Balaban J connectivity index is 2.08. The third-order valence-electron chi connectivity index (χ3n) is 5.91. The minimum atomic E-state index is -3.42. The topological polar surface area (TPSA) is 102 Å². The molecule has 0 unspecified atom stereocenters. The Morgan fingerprint density at radius 1 is 1.17 bits per heavy atom. The number of hydrogen-bond donors (Lipinski definition) is 1. The molecule has 1 amide bonds. The number of nitrogens with zero attached hydrogens (tertiary/aromatic N) is 2. The van der Waals surface area contributed by atoms with Gasteiger partial charge in [-0.25, -0.2) is 18.2 Å². The first-order chi connectivity index (χ1) is 16.9. The summed E-state index contributed by atoms with van der Waals surface area (Å²) < 4.78 is 36.7. The van der Waals surface area contributed by atoms with Crippen molar-refractivity contribution in [3.63, 3.8) is 0 Å². The van der Waals surface area contributed by atoms with Crippen molar-refractivity contribution in [2.24, 2.45) is 0 Å². The highest BCUT2D eigenvalue weighted by Crippen LogP contribution is 2.45. The zero-order valence-corrected chi connectivity index (χ0v) is 22.4. The highest BCUT2D eigenvalue weighted by molar-refractivity contribution is 7.91. The van der Waals surface area contributed by atoms with Crippen molar-refractivity contribution in [3.8, 4) is 16.9 Å². The molecule has 0 fully saturated rings. The molecule has 8 nitrogen and oxygen atoms in total. The summed E-state index contributed by atoms with van der Waals surface area (Å²) in [6.45, 7) is 8.98. The predicted octanol–water partition coefficient (Wildman–Crippen LogP) is 5.87. The number of aromatic nitrogens is 2. The van der Waals surface area contributed by atoms with Crippen LogP contribution in [0.4, 0.5) is 10.5 Å². The Morgan fingerprint density at radius 2 is 1.89 bits per heavy atom. The average molecular weight is 510 g/mol. The number of benzene rings is 2. The number of amides is 1. The van der Waals surface area contributed by atoms with Crippen molar-refractivity contribution in [2.45, 2.75) is 45.1 Å². The number of methoxy groups -OCH3 is 1. The molecule has 0 saturated heterocycles. The van der Waals surface area contributed by atoms with E-state index in [-0.39, 0.29) is 10.6 Å². The van der Waals surface area contributed by atoms with E-state index in [0.717, 1.165) is 21.9 Å². The molecule has 4 aromatic rings. The standard InChI is InChI=1S/C27H31N3O5S/c1-8-36(32,33)18-11-9-10-17(13-18)19-14-21(30(6)26(31)35-27(3,4)5)24(34-7)23-22(19)20-12-16(2)15-28-25(20)29-23/h9-15H,8H2,1-7H3,(H,28,29). The molecule has 0 radical (unpaired) electrons. The number of aryl methyl sites for hydroxylation is 1. The summed E-state index contributed by atoms with van der Waals surface area (Å²) in [6.07, 6.45) is 1.23. The Hall–Kier alpha value is -3.59. The first kappa shape index (κ1) is 25.5. The molecule has 1 N–H and O–H groups in total. The second-order valence-electron chi connectivity index (χ2n) is 9.73. The van der Waals surface area contributed by atoms with Gasteiger partial charge in [0.2, 0.25) is 0 Å². The summed E-state index contributed by atoms with van der Waals surface area (Å²) in [6, 6.07) is 10.7. The minimum Gasteiger partial charge on any atom is -0.492 e. The first-order valence-electron chi connectivity index (χ1n) is 11.6. The van der Waals surface area contributed by atoms with Gasteiger partial charge in [-0.05, 0) is 68.7 Å². The molecule has 0 aliphatic carbocycles. The van der Waals surface area contributed by atoms with E-state index in [1.165, 1.54) is 4.90 Å². The van der Waals surface area contributed by atoms with E-state index in [2.05, 4.69) is 9.97 Å². The number of fused-ring (bicyclic) bond motifs is 3. The second-order valence-corrected chi connectivity index (χ2v) is 12.0. The Bertz CT molecular complexity index is 1580. The van der Waals surface area contributed by atoms with Crippen LogP contribution in [-0.2, 0) is 14.6 Å². The SMILES string of the molecule is CCS(=O)(=O)c1cccc(-c2cc(N(C)C(=O)OC(C)(C)C)c(OC)c3[nH]c4ncc(C)cc4c23)c1. The Labute approximate surface area is 211 Å². The highest BCUT2D eigenvalue weighted by Gasteiger charge is 2.27. The number of sulfone groups is 1.